The molecular formula is C8H7N2Re-. The summed E-state index contributed by atoms with van der Waals surface area (Å²) in [5.41, 5.74) is 1.98. The van der Waals surface area contributed by atoms with Crippen LogP contribution < -0.4 is 0 Å². The first-order valence-corrected chi connectivity index (χ1v) is 3.19. The van der Waals surface area contributed by atoms with Gasteiger partial charge in [-0.05, 0) is 6.20 Å². The summed E-state index contributed by atoms with van der Waals surface area (Å²) in [5, 5.41) is 1.15. The molecular weight excluding hydrogens is 310 g/mol. The number of hydrogen-bond acceptors (Lipinski definition) is 1. The molecule has 2 nitrogen and oxygen atoms in total. The quantitative estimate of drug-likeness (QED) is 0.736. The number of hydrogen-bond donors (Lipinski definition) is 1. The fourth-order valence-corrected chi connectivity index (χ4v) is 0.996. The van der Waals surface area contributed by atoms with Crippen molar-refractivity contribution in [1.29, 1.82) is 0 Å². The van der Waals surface area contributed by atoms with Gasteiger partial charge in [-0.3, -0.25) is 0 Å². The number of rotatable bonds is 0. The van der Waals surface area contributed by atoms with E-state index >= 15 is 0 Å². The summed E-state index contributed by atoms with van der Waals surface area (Å²) < 4.78 is 0. The molecule has 2 rings (SSSR count). The molecule has 0 atom stereocenters. The van der Waals surface area contributed by atoms with Crippen molar-refractivity contribution in [2.75, 3.05) is 0 Å². The van der Waals surface area contributed by atoms with Crippen LogP contribution in [-0.4, -0.2) is 9.97 Å². The maximum absolute atomic E-state index is 4.06. The maximum atomic E-state index is 4.06. The van der Waals surface area contributed by atoms with Crippen LogP contribution in [0.5, 0.6) is 0 Å². The second-order valence-electron chi connectivity index (χ2n) is 2.33. The maximum Gasteiger partial charge on any atom is 0.0228 e. The first-order chi connectivity index (χ1) is 4.86. The van der Waals surface area contributed by atoms with E-state index in [0.717, 1.165) is 16.6 Å². The van der Waals surface area contributed by atoms with Gasteiger partial charge < -0.3 is 9.97 Å². The molecule has 0 aliphatic carbocycles. The molecule has 2 aromatic rings. The normalized spacial score (nSPS) is 9.55. The summed E-state index contributed by atoms with van der Waals surface area (Å²) in [6, 6.07) is 4.06. The van der Waals surface area contributed by atoms with Crippen LogP contribution in [0.2, 0.25) is 0 Å². The number of aryl methyl sites for hydroxylation is 1. The van der Waals surface area contributed by atoms with Crippen molar-refractivity contribution < 1.29 is 20.4 Å². The second-order valence-corrected chi connectivity index (χ2v) is 2.33. The third kappa shape index (κ3) is 1.50. The molecule has 0 unspecified atom stereocenters. The van der Waals surface area contributed by atoms with E-state index in [0.29, 0.717) is 0 Å². The molecule has 0 saturated heterocycles. The van der Waals surface area contributed by atoms with Crippen LogP contribution in [0, 0.1) is 13.1 Å². The molecule has 0 bridgehead atoms. The number of nitrogens with zero attached hydrogens (tertiary/aromatic N) is 1. The van der Waals surface area contributed by atoms with E-state index in [-0.39, 0.29) is 20.4 Å². The summed E-state index contributed by atoms with van der Waals surface area (Å²) in [7, 11) is 0. The first kappa shape index (κ1) is 8.45. The Morgan fingerprint density at radius 2 is 2.36 bits per heavy atom. The Bertz CT molecular complexity index is 354. The minimum absolute atomic E-state index is 0. The van der Waals surface area contributed by atoms with Crippen molar-refractivity contribution in [3.05, 3.63) is 30.1 Å². The minimum Gasteiger partial charge on any atom is -0.399 e. The number of fused-ring (bicyclic) bond motifs is 1. The van der Waals surface area contributed by atoms with E-state index < -0.39 is 0 Å². The topological polar surface area (TPSA) is 28.7 Å². The van der Waals surface area contributed by atoms with E-state index in [1.54, 1.807) is 0 Å². The van der Waals surface area contributed by atoms with Gasteiger partial charge in [0.25, 0.3) is 0 Å². The average molecular weight is 317 g/mol. The Morgan fingerprint density at radius 1 is 1.55 bits per heavy atom. The molecule has 0 amide bonds. The Morgan fingerprint density at radius 3 is 3.18 bits per heavy atom. The molecule has 57 valence electrons. The standard InChI is InChI=1S/C8H7N2.Re/c1-6-4-7-2-3-9-8(7)10-5-6;/h2-4H,1H3,(H,9,10);/q-1;. The fraction of sp³-hybridized carbons (Fsp3) is 0.125. The van der Waals surface area contributed by atoms with E-state index in [1.807, 2.05) is 19.2 Å². The summed E-state index contributed by atoms with van der Waals surface area (Å²) in [6.07, 6.45) is 4.76. The van der Waals surface area contributed by atoms with Gasteiger partial charge in [0.15, 0.2) is 0 Å². The van der Waals surface area contributed by atoms with Crippen molar-refractivity contribution >= 4 is 11.0 Å². The number of pyridine rings is 1. The van der Waals surface area contributed by atoms with Crippen molar-refractivity contribution in [3.8, 4) is 0 Å². The zero-order chi connectivity index (χ0) is 6.97. The molecule has 0 aliphatic heterocycles. The monoisotopic (exact) mass is 318 g/mol. The van der Waals surface area contributed by atoms with Crippen LogP contribution in [0.15, 0.2) is 18.3 Å². The van der Waals surface area contributed by atoms with Gasteiger partial charge in [-0.2, -0.15) is 6.07 Å². The van der Waals surface area contributed by atoms with Gasteiger partial charge in [-0.25, -0.2) is 0 Å². The Labute approximate surface area is 78.7 Å². The molecule has 0 aliphatic rings. The van der Waals surface area contributed by atoms with Gasteiger partial charge in [-0.15, -0.1) is 5.56 Å². The van der Waals surface area contributed by atoms with Gasteiger partial charge in [0, 0.05) is 26.1 Å². The Hall–Kier alpha value is -0.648. The summed E-state index contributed by atoms with van der Waals surface area (Å²) >= 11 is 0. The van der Waals surface area contributed by atoms with E-state index in [4.69, 9.17) is 0 Å². The van der Waals surface area contributed by atoms with Crippen LogP contribution in [0.4, 0.5) is 0 Å². The van der Waals surface area contributed by atoms with Gasteiger partial charge in [0.2, 0.25) is 0 Å². The summed E-state index contributed by atoms with van der Waals surface area (Å²) in [4.78, 5) is 7.06. The molecule has 11 heavy (non-hydrogen) atoms. The zero-order valence-corrected chi connectivity index (χ0v) is 8.77. The number of H-pyrrole nitrogens is 1. The van der Waals surface area contributed by atoms with E-state index in [1.165, 1.54) is 0 Å². The summed E-state index contributed by atoms with van der Waals surface area (Å²) in [6.45, 7) is 1.99. The van der Waals surface area contributed by atoms with Crippen molar-refractivity contribution in [3.63, 3.8) is 0 Å². The van der Waals surface area contributed by atoms with Crippen LogP contribution in [-0.2, 0) is 20.4 Å². The van der Waals surface area contributed by atoms with Crippen molar-refractivity contribution in [1.82, 2.24) is 9.97 Å². The van der Waals surface area contributed by atoms with Gasteiger partial charge in [-0.1, -0.05) is 24.6 Å². The van der Waals surface area contributed by atoms with E-state index in [2.05, 4.69) is 22.2 Å². The predicted molar refractivity (Wildman–Crippen MR) is 39.7 cm³/mol. The van der Waals surface area contributed by atoms with Crippen LogP contribution in [0.1, 0.15) is 5.56 Å². The smallest absolute Gasteiger partial charge is 0.0228 e. The van der Waals surface area contributed by atoms with Gasteiger partial charge in [0.1, 0.15) is 0 Å². The Kier molecular flexibility index (Phi) is 2.43. The molecule has 0 fully saturated rings. The molecule has 2 heterocycles. The van der Waals surface area contributed by atoms with Crippen LogP contribution in [0.3, 0.4) is 0 Å². The molecule has 0 saturated carbocycles. The predicted octanol–water partition coefficient (Wildman–Crippen LogP) is 1.67. The minimum atomic E-state index is 0. The first-order valence-electron chi connectivity index (χ1n) is 3.19. The van der Waals surface area contributed by atoms with Crippen molar-refractivity contribution in [2.24, 2.45) is 0 Å². The molecule has 1 radical (unpaired) electrons. The molecule has 2 aromatic heterocycles. The molecule has 3 heteroatoms. The third-order valence-electron chi connectivity index (χ3n) is 1.47. The van der Waals surface area contributed by atoms with Gasteiger partial charge in [0.05, 0.1) is 0 Å². The third-order valence-corrected chi connectivity index (χ3v) is 1.47. The second kappa shape index (κ2) is 3.17. The zero-order valence-electron chi connectivity index (χ0n) is 6.06. The number of nitrogens with one attached hydrogen (secondary N) is 1. The largest absolute Gasteiger partial charge is 0.399 e. The van der Waals surface area contributed by atoms with Crippen molar-refractivity contribution in [2.45, 2.75) is 6.92 Å². The Balaban J connectivity index is 0.000000605. The average Bonchev–Trinajstić information content (AvgIpc) is 2.33. The fourth-order valence-electron chi connectivity index (χ4n) is 0.996. The SMILES string of the molecule is Cc1[c-]nc2[nH]ccc2c1.[Re]. The molecule has 1 N–H and O–H groups in total. The van der Waals surface area contributed by atoms with Crippen LogP contribution >= 0.6 is 0 Å². The van der Waals surface area contributed by atoms with E-state index in [9.17, 15) is 0 Å². The summed E-state index contributed by atoms with van der Waals surface area (Å²) in [5.74, 6) is 0. The number of aromatic nitrogens is 2. The van der Waals surface area contributed by atoms with Gasteiger partial charge >= 0.3 is 0 Å². The van der Waals surface area contributed by atoms with Crippen LogP contribution in [0.25, 0.3) is 11.0 Å². The number of aromatic amines is 1. The molecule has 0 spiro atoms. The molecule has 0 aromatic carbocycles.